The van der Waals surface area contributed by atoms with Crippen LogP contribution in [0.1, 0.15) is 61.5 Å². The first kappa shape index (κ1) is 26.6. The predicted molar refractivity (Wildman–Crippen MR) is 130 cm³/mol. The largest absolute Gasteiger partial charge is 0.449 e. The van der Waals surface area contributed by atoms with Gasteiger partial charge in [0.1, 0.15) is 18.8 Å². The molecular weight excluding hydrogens is 488 g/mol. The second-order valence-corrected chi connectivity index (χ2v) is 9.51. The zero-order valence-corrected chi connectivity index (χ0v) is 20.5. The van der Waals surface area contributed by atoms with Crippen molar-refractivity contribution in [1.29, 1.82) is 0 Å². The van der Waals surface area contributed by atoms with Crippen LogP contribution in [0.2, 0.25) is 0 Å². The molecule has 2 aromatic rings. The van der Waals surface area contributed by atoms with Crippen molar-refractivity contribution in [1.82, 2.24) is 19.8 Å². The van der Waals surface area contributed by atoms with Crippen LogP contribution in [0.4, 0.5) is 17.6 Å². The highest BCUT2D eigenvalue weighted by Gasteiger charge is 2.39. The number of nitrogens with one attached hydrogen (secondary N) is 1. The number of alkyl halides is 4. The molecule has 1 aromatic carbocycles. The molecule has 2 aliphatic carbocycles. The molecule has 4 rings (SSSR count). The van der Waals surface area contributed by atoms with Crippen LogP contribution in [-0.4, -0.2) is 38.5 Å². The molecule has 1 saturated carbocycles. The maximum Gasteiger partial charge on any atom is 0.449 e. The number of halogens is 4. The van der Waals surface area contributed by atoms with E-state index in [2.05, 4.69) is 10.3 Å². The van der Waals surface area contributed by atoms with E-state index in [4.69, 9.17) is 0 Å². The summed E-state index contributed by atoms with van der Waals surface area (Å²) in [5, 5.41) is 3.05. The number of nitrogens with zero attached hydrogens (tertiary/aromatic N) is 3. The Morgan fingerprint density at radius 3 is 2.59 bits per heavy atom. The summed E-state index contributed by atoms with van der Waals surface area (Å²) >= 11 is 0. The van der Waals surface area contributed by atoms with E-state index in [0.29, 0.717) is 10.1 Å². The Bertz CT molecular complexity index is 1180. The Labute approximate surface area is 213 Å². The molecule has 0 radical (unpaired) electrons. The molecule has 1 aromatic heterocycles. The average Bonchev–Trinajstić information content (AvgIpc) is 3.32. The van der Waals surface area contributed by atoms with E-state index in [-0.39, 0.29) is 18.2 Å². The number of carbonyl (C=O) groups excluding carboxylic acids is 2. The third kappa shape index (κ3) is 6.29. The lowest BCUT2D eigenvalue weighted by Crippen LogP contribution is -2.48. The molecule has 1 fully saturated rings. The summed E-state index contributed by atoms with van der Waals surface area (Å²) in [6.45, 7) is 1.08. The minimum absolute atomic E-state index is 0.0654. The number of carbonyl (C=O) groups is 2. The van der Waals surface area contributed by atoms with Crippen LogP contribution in [0.5, 0.6) is 0 Å². The lowest BCUT2D eigenvalue weighted by Gasteiger charge is -2.36. The highest BCUT2D eigenvalue weighted by molar-refractivity contribution is 5.90. The Morgan fingerprint density at radius 2 is 1.92 bits per heavy atom. The first-order valence-electron chi connectivity index (χ1n) is 12.4. The Balaban J connectivity index is 1.76. The van der Waals surface area contributed by atoms with Crippen molar-refractivity contribution >= 4 is 11.8 Å². The van der Waals surface area contributed by atoms with Gasteiger partial charge >= 0.3 is 6.18 Å². The highest BCUT2D eigenvalue weighted by atomic mass is 19.4. The van der Waals surface area contributed by atoms with Gasteiger partial charge in [-0.3, -0.25) is 14.5 Å². The van der Waals surface area contributed by atoms with Crippen LogP contribution in [0.3, 0.4) is 0 Å². The van der Waals surface area contributed by atoms with Crippen LogP contribution in [0.15, 0.2) is 60.6 Å². The smallest absolute Gasteiger partial charge is 0.351 e. The van der Waals surface area contributed by atoms with Gasteiger partial charge in [0.2, 0.25) is 17.6 Å². The summed E-state index contributed by atoms with van der Waals surface area (Å²) in [5.41, 5.74) is 1.48. The molecule has 6 nitrogen and oxygen atoms in total. The topological polar surface area (TPSA) is 67.2 Å². The predicted octanol–water partition coefficient (Wildman–Crippen LogP) is 5.41. The minimum Gasteiger partial charge on any atom is -0.351 e. The SMILES string of the molecule is Cc1ccccc1C(C(=O)NC1CCCCC1)N(C(=O)Cn1ccnc1C(F)(F)F)C1=CC=CC(F)C1. The molecule has 0 saturated heterocycles. The van der Waals surface area contributed by atoms with Crippen LogP contribution < -0.4 is 5.32 Å². The molecule has 198 valence electrons. The van der Waals surface area contributed by atoms with Crippen molar-refractivity contribution in [3.8, 4) is 0 Å². The summed E-state index contributed by atoms with van der Waals surface area (Å²) in [6, 6.07) is 5.79. The van der Waals surface area contributed by atoms with Crippen molar-refractivity contribution in [2.24, 2.45) is 0 Å². The van der Waals surface area contributed by atoms with Gasteiger partial charge in [0.05, 0.1) is 0 Å². The third-order valence-electron chi connectivity index (χ3n) is 6.81. The molecule has 0 bridgehead atoms. The molecule has 2 unspecified atom stereocenters. The van der Waals surface area contributed by atoms with Gasteiger partial charge in [-0.25, -0.2) is 9.37 Å². The fraction of sp³-hybridized carbons (Fsp3) is 0.444. The summed E-state index contributed by atoms with van der Waals surface area (Å²) < 4.78 is 55.5. The van der Waals surface area contributed by atoms with Crippen molar-refractivity contribution in [3.05, 3.63) is 77.5 Å². The van der Waals surface area contributed by atoms with Crippen molar-refractivity contribution in [2.75, 3.05) is 0 Å². The highest BCUT2D eigenvalue weighted by Crippen LogP contribution is 2.33. The van der Waals surface area contributed by atoms with E-state index in [0.717, 1.165) is 55.0 Å². The third-order valence-corrected chi connectivity index (χ3v) is 6.81. The van der Waals surface area contributed by atoms with Gasteiger partial charge in [0.25, 0.3) is 0 Å². The summed E-state index contributed by atoms with van der Waals surface area (Å²) in [6.07, 6.45) is 4.66. The molecule has 2 amide bonds. The summed E-state index contributed by atoms with van der Waals surface area (Å²) in [4.78, 5) is 32.1. The lowest BCUT2D eigenvalue weighted by atomic mass is 9.93. The number of aromatic nitrogens is 2. The van der Waals surface area contributed by atoms with E-state index >= 15 is 0 Å². The molecule has 10 heteroatoms. The number of allylic oxidation sites excluding steroid dienone is 4. The average molecular weight is 519 g/mol. The van der Waals surface area contributed by atoms with Gasteiger partial charge in [-0.15, -0.1) is 0 Å². The lowest BCUT2D eigenvalue weighted by molar-refractivity contribution is -0.149. The number of hydrogen-bond donors (Lipinski definition) is 1. The van der Waals surface area contributed by atoms with Gasteiger partial charge in [-0.2, -0.15) is 13.2 Å². The first-order chi connectivity index (χ1) is 17.6. The quantitative estimate of drug-likeness (QED) is 0.499. The van der Waals surface area contributed by atoms with Crippen molar-refractivity contribution in [2.45, 2.75) is 76.4 Å². The number of rotatable bonds is 7. The maximum absolute atomic E-state index is 14.4. The Morgan fingerprint density at radius 1 is 1.19 bits per heavy atom. The van der Waals surface area contributed by atoms with E-state index in [1.807, 2.05) is 0 Å². The van der Waals surface area contributed by atoms with E-state index in [1.165, 1.54) is 18.2 Å². The second kappa shape index (κ2) is 11.3. The molecule has 2 aliphatic rings. The molecule has 1 N–H and O–H groups in total. The molecule has 37 heavy (non-hydrogen) atoms. The van der Waals surface area contributed by atoms with E-state index < -0.39 is 42.6 Å². The fourth-order valence-electron chi connectivity index (χ4n) is 5.00. The number of aryl methyl sites for hydroxylation is 1. The van der Waals surface area contributed by atoms with Crippen LogP contribution in [0.25, 0.3) is 0 Å². The minimum atomic E-state index is -4.76. The molecule has 0 aliphatic heterocycles. The fourth-order valence-corrected chi connectivity index (χ4v) is 5.00. The van der Waals surface area contributed by atoms with Crippen LogP contribution in [0, 0.1) is 6.92 Å². The Kier molecular flexibility index (Phi) is 8.14. The molecule has 1 heterocycles. The second-order valence-electron chi connectivity index (χ2n) is 9.51. The zero-order valence-electron chi connectivity index (χ0n) is 20.5. The standard InChI is InChI=1S/C27H30F4N4O2/c1-18-8-5-6-13-22(18)24(25(37)33-20-10-3-2-4-11-20)35(21-12-7-9-19(28)16-21)23(36)17-34-15-14-32-26(34)27(29,30)31/h5-9,12-15,19-20,24H,2-4,10-11,16-17H2,1H3,(H,33,37). The molecule has 0 spiro atoms. The van der Waals surface area contributed by atoms with E-state index in [1.54, 1.807) is 31.2 Å². The Hall–Kier alpha value is -3.43. The number of imidazole rings is 1. The monoisotopic (exact) mass is 518 g/mol. The number of amides is 2. The summed E-state index contributed by atoms with van der Waals surface area (Å²) in [5.74, 6) is -2.44. The molecular formula is C27H30F4N4O2. The maximum atomic E-state index is 14.4. The summed E-state index contributed by atoms with van der Waals surface area (Å²) in [7, 11) is 0. The van der Waals surface area contributed by atoms with Gasteiger partial charge in [0.15, 0.2) is 0 Å². The van der Waals surface area contributed by atoms with Gasteiger partial charge in [-0.1, -0.05) is 55.7 Å². The molecule has 2 atom stereocenters. The van der Waals surface area contributed by atoms with Crippen molar-refractivity contribution in [3.63, 3.8) is 0 Å². The van der Waals surface area contributed by atoms with Gasteiger partial charge < -0.3 is 9.88 Å². The zero-order chi connectivity index (χ0) is 26.6. The number of hydrogen-bond acceptors (Lipinski definition) is 3. The van der Waals surface area contributed by atoms with Gasteiger partial charge in [0, 0.05) is 30.6 Å². The first-order valence-corrected chi connectivity index (χ1v) is 12.4. The number of benzene rings is 1. The normalized spacial score (nSPS) is 19.3. The van der Waals surface area contributed by atoms with Crippen LogP contribution >= 0.6 is 0 Å². The van der Waals surface area contributed by atoms with Gasteiger partial charge in [-0.05, 0) is 37.0 Å². The van der Waals surface area contributed by atoms with Crippen molar-refractivity contribution < 1.29 is 27.2 Å². The van der Waals surface area contributed by atoms with E-state index in [9.17, 15) is 27.2 Å². The van der Waals surface area contributed by atoms with Crippen LogP contribution in [-0.2, 0) is 22.3 Å².